The van der Waals surface area contributed by atoms with E-state index in [9.17, 15) is 9.59 Å². The zero-order valence-corrected chi connectivity index (χ0v) is 8.56. The Morgan fingerprint density at radius 3 is 2.50 bits per heavy atom. The fraction of sp³-hybridized carbons (Fsp3) is 0.250. The molecule has 1 aliphatic rings. The summed E-state index contributed by atoms with van der Waals surface area (Å²) in [4.78, 5) is 22.7. The maximum absolute atomic E-state index is 11.6. The topological polar surface area (TPSA) is 70.0 Å². The largest absolute Gasteiger partial charge is 0.295 e. The van der Waals surface area contributed by atoms with Crippen LogP contribution in [0.3, 0.4) is 0 Å². The van der Waals surface area contributed by atoms with Gasteiger partial charge in [-0.15, -0.1) is 0 Å². The molecule has 1 aromatic rings. The van der Waals surface area contributed by atoms with Crippen molar-refractivity contribution in [1.29, 1.82) is 5.26 Å². The van der Waals surface area contributed by atoms with Gasteiger partial charge in [0.25, 0.3) is 0 Å². The predicted octanol–water partition coefficient (Wildman–Crippen LogP) is 0.786. The summed E-state index contributed by atoms with van der Waals surface area (Å²) in [7, 11) is 0. The number of nitrogens with one attached hydrogen (secondary N) is 1. The summed E-state index contributed by atoms with van der Waals surface area (Å²) < 4.78 is 0. The Kier molecular flexibility index (Phi) is 2.45. The molecule has 0 spiro atoms. The molecule has 2 rings (SSSR count). The molecule has 1 aliphatic heterocycles. The van der Waals surface area contributed by atoms with Gasteiger partial charge in [-0.2, -0.15) is 5.26 Å². The van der Waals surface area contributed by atoms with Gasteiger partial charge in [0.1, 0.15) is 5.41 Å². The quantitative estimate of drug-likeness (QED) is 0.740. The lowest BCUT2D eigenvalue weighted by atomic mass is 9.81. The molecule has 80 valence electrons. The van der Waals surface area contributed by atoms with E-state index in [1.54, 1.807) is 0 Å². The highest BCUT2D eigenvalue weighted by molar-refractivity contribution is 6.07. The van der Waals surface area contributed by atoms with Crippen LogP contribution in [0.1, 0.15) is 12.0 Å². The van der Waals surface area contributed by atoms with Crippen LogP contribution in [0.4, 0.5) is 0 Å². The van der Waals surface area contributed by atoms with Crippen molar-refractivity contribution in [3.05, 3.63) is 35.9 Å². The highest BCUT2D eigenvalue weighted by Gasteiger charge is 2.47. The van der Waals surface area contributed by atoms with Crippen LogP contribution in [0.25, 0.3) is 0 Å². The number of hydrogen-bond acceptors (Lipinski definition) is 3. The fourth-order valence-electron chi connectivity index (χ4n) is 1.86. The zero-order valence-electron chi connectivity index (χ0n) is 8.56. The molecule has 0 aliphatic carbocycles. The summed E-state index contributed by atoms with van der Waals surface area (Å²) in [6, 6.07) is 11.2. The monoisotopic (exact) mass is 214 g/mol. The average Bonchev–Trinajstić information content (AvgIpc) is 2.56. The van der Waals surface area contributed by atoms with Crippen molar-refractivity contribution < 1.29 is 9.59 Å². The Bertz CT molecular complexity index is 476. The third-order valence-corrected chi connectivity index (χ3v) is 2.71. The van der Waals surface area contributed by atoms with Crippen LogP contribution in [0.2, 0.25) is 0 Å². The molecular formula is C12H10N2O2. The van der Waals surface area contributed by atoms with E-state index < -0.39 is 11.3 Å². The van der Waals surface area contributed by atoms with Crippen LogP contribution < -0.4 is 5.32 Å². The van der Waals surface area contributed by atoms with Gasteiger partial charge in [-0.25, -0.2) is 0 Å². The summed E-state index contributed by atoms with van der Waals surface area (Å²) >= 11 is 0. The minimum absolute atomic E-state index is 0.0444. The third kappa shape index (κ3) is 1.68. The van der Waals surface area contributed by atoms with E-state index in [4.69, 9.17) is 5.26 Å². The van der Waals surface area contributed by atoms with Crippen molar-refractivity contribution in [2.24, 2.45) is 5.41 Å². The molecule has 1 fully saturated rings. The molecule has 0 saturated carbocycles. The van der Waals surface area contributed by atoms with Crippen molar-refractivity contribution >= 4 is 11.8 Å². The van der Waals surface area contributed by atoms with E-state index in [1.807, 2.05) is 36.4 Å². The number of imide groups is 1. The first kappa shape index (κ1) is 10.4. The van der Waals surface area contributed by atoms with E-state index in [-0.39, 0.29) is 18.7 Å². The number of hydrogen-bond donors (Lipinski definition) is 1. The molecule has 1 unspecified atom stereocenters. The Labute approximate surface area is 92.9 Å². The second-order valence-electron chi connectivity index (χ2n) is 3.91. The number of benzene rings is 1. The van der Waals surface area contributed by atoms with Gasteiger partial charge in [0.2, 0.25) is 11.8 Å². The SMILES string of the molecule is N#CC1(Cc2ccccc2)CC(=O)NC1=O. The molecule has 1 heterocycles. The van der Waals surface area contributed by atoms with E-state index in [2.05, 4.69) is 5.32 Å². The van der Waals surface area contributed by atoms with Crippen LogP contribution in [0, 0.1) is 16.7 Å². The lowest BCUT2D eigenvalue weighted by Crippen LogP contribution is -2.32. The second kappa shape index (κ2) is 3.78. The Hall–Kier alpha value is -2.15. The summed E-state index contributed by atoms with van der Waals surface area (Å²) in [5.74, 6) is -0.855. The van der Waals surface area contributed by atoms with Gasteiger partial charge in [-0.1, -0.05) is 30.3 Å². The number of carbonyl (C=O) groups excluding carboxylic acids is 2. The summed E-state index contributed by atoms with van der Waals surface area (Å²) in [6.07, 6.45) is 0.235. The van der Waals surface area contributed by atoms with Gasteiger partial charge < -0.3 is 0 Å². The van der Waals surface area contributed by atoms with E-state index >= 15 is 0 Å². The lowest BCUT2D eigenvalue weighted by Gasteiger charge is -2.15. The normalized spacial score (nSPS) is 23.9. The predicted molar refractivity (Wildman–Crippen MR) is 56.0 cm³/mol. The van der Waals surface area contributed by atoms with Crippen LogP contribution >= 0.6 is 0 Å². The minimum atomic E-state index is -1.22. The number of amides is 2. The number of nitriles is 1. The van der Waals surface area contributed by atoms with Crippen molar-refractivity contribution in [3.8, 4) is 6.07 Å². The van der Waals surface area contributed by atoms with Crippen LogP contribution in [-0.4, -0.2) is 11.8 Å². The Morgan fingerprint density at radius 2 is 2.00 bits per heavy atom. The molecule has 1 N–H and O–H groups in total. The van der Waals surface area contributed by atoms with Gasteiger partial charge in [-0.05, 0) is 5.56 Å². The first-order valence-corrected chi connectivity index (χ1v) is 4.96. The summed E-state index contributed by atoms with van der Waals surface area (Å²) in [6.45, 7) is 0. The second-order valence-corrected chi connectivity index (χ2v) is 3.91. The molecule has 16 heavy (non-hydrogen) atoms. The molecule has 4 nitrogen and oxygen atoms in total. The van der Waals surface area contributed by atoms with Crippen molar-refractivity contribution in [3.63, 3.8) is 0 Å². The van der Waals surface area contributed by atoms with E-state index in [0.717, 1.165) is 5.56 Å². The molecule has 2 amide bonds. The molecular weight excluding hydrogens is 204 g/mol. The van der Waals surface area contributed by atoms with Crippen LogP contribution in [0.5, 0.6) is 0 Å². The molecule has 4 heteroatoms. The third-order valence-electron chi connectivity index (χ3n) is 2.71. The van der Waals surface area contributed by atoms with Gasteiger partial charge in [0, 0.05) is 6.42 Å². The smallest absolute Gasteiger partial charge is 0.247 e. The fourth-order valence-corrected chi connectivity index (χ4v) is 1.86. The summed E-state index contributed by atoms with van der Waals surface area (Å²) in [5, 5.41) is 11.3. The molecule has 0 aromatic heterocycles. The Balaban J connectivity index is 2.28. The zero-order chi connectivity index (χ0) is 11.6. The van der Waals surface area contributed by atoms with Gasteiger partial charge >= 0.3 is 0 Å². The van der Waals surface area contributed by atoms with E-state index in [1.165, 1.54) is 0 Å². The standard InChI is InChI=1S/C12H10N2O2/c13-8-12(7-10(15)14-11(12)16)6-9-4-2-1-3-5-9/h1-5H,6-7H2,(H,14,15,16). The maximum atomic E-state index is 11.6. The van der Waals surface area contributed by atoms with Crippen LogP contribution in [-0.2, 0) is 16.0 Å². The highest BCUT2D eigenvalue weighted by atomic mass is 16.2. The van der Waals surface area contributed by atoms with Crippen molar-refractivity contribution in [2.75, 3.05) is 0 Å². The lowest BCUT2D eigenvalue weighted by molar-refractivity contribution is -0.127. The van der Waals surface area contributed by atoms with Gasteiger partial charge in [-0.3, -0.25) is 14.9 Å². The number of carbonyl (C=O) groups is 2. The molecule has 0 radical (unpaired) electrons. The molecule has 1 aromatic carbocycles. The highest BCUT2D eigenvalue weighted by Crippen LogP contribution is 2.30. The first-order valence-electron chi connectivity index (χ1n) is 4.96. The molecule has 1 saturated heterocycles. The van der Waals surface area contributed by atoms with Crippen LogP contribution in [0.15, 0.2) is 30.3 Å². The molecule has 1 atom stereocenters. The van der Waals surface area contributed by atoms with Crippen molar-refractivity contribution in [2.45, 2.75) is 12.8 Å². The molecule has 0 bridgehead atoms. The van der Waals surface area contributed by atoms with Gasteiger partial charge in [0.15, 0.2) is 0 Å². The minimum Gasteiger partial charge on any atom is -0.295 e. The summed E-state index contributed by atoms with van der Waals surface area (Å²) in [5.41, 5.74) is -0.341. The van der Waals surface area contributed by atoms with E-state index in [0.29, 0.717) is 0 Å². The van der Waals surface area contributed by atoms with Crippen molar-refractivity contribution in [1.82, 2.24) is 5.32 Å². The number of nitrogens with zero attached hydrogens (tertiary/aromatic N) is 1. The average molecular weight is 214 g/mol. The Morgan fingerprint density at radius 1 is 1.31 bits per heavy atom. The maximum Gasteiger partial charge on any atom is 0.247 e. The first-order chi connectivity index (χ1) is 7.66. The van der Waals surface area contributed by atoms with Gasteiger partial charge in [0.05, 0.1) is 12.5 Å². The number of rotatable bonds is 2.